The number of aliphatic hydroxyl groups is 1. The minimum atomic E-state index is -4.75. The van der Waals surface area contributed by atoms with Gasteiger partial charge in [-0.3, -0.25) is 14.7 Å². The molecule has 3 unspecified atom stereocenters. The number of nitrogens with one attached hydrogen (secondary N) is 1. The van der Waals surface area contributed by atoms with E-state index in [0.717, 1.165) is 18.2 Å². The number of carbonyl (C=O) groups excluding carboxylic acids is 1. The average Bonchev–Trinajstić information content (AvgIpc) is 3.11. The number of piperidine rings is 1. The van der Waals surface area contributed by atoms with E-state index in [-0.39, 0.29) is 24.1 Å². The van der Waals surface area contributed by atoms with Gasteiger partial charge in [0.25, 0.3) is 5.91 Å². The normalized spacial score (nSPS) is 21.1. The van der Waals surface area contributed by atoms with Crippen LogP contribution in [0.5, 0.6) is 0 Å². The smallest absolute Gasteiger partial charge is 0.379 e. The fraction of sp³-hybridized carbons (Fsp3) is 0.385. The first-order valence-electron chi connectivity index (χ1n) is 11.4. The van der Waals surface area contributed by atoms with Crippen LogP contribution >= 0.6 is 0 Å². The molecule has 1 aliphatic carbocycles. The number of amides is 1. The molecule has 1 aliphatic heterocycles. The number of anilines is 1. The Kier molecular flexibility index (Phi) is 6.85. The highest BCUT2D eigenvalue weighted by Crippen LogP contribution is 2.38. The van der Waals surface area contributed by atoms with Crippen LogP contribution < -0.4 is 5.32 Å². The topological polar surface area (TPSA) is 113 Å². The van der Waals surface area contributed by atoms with E-state index >= 15 is 0 Å². The highest BCUT2D eigenvalue weighted by atomic mass is 19.4. The SMILES string of the molecule is CC(O)(CN1CC2C=C(Cc3ccc(C#N)cn3)C(C2)C1)C(=O)Nc1ccc(C#N)c(C(F)(F)F)c1. The van der Waals surface area contributed by atoms with Crippen molar-refractivity contribution >= 4 is 11.6 Å². The molecule has 4 rings (SSSR count). The quantitative estimate of drug-likeness (QED) is 0.592. The molecule has 10 heteroatoms. The van der Waals surface area contributed by atoms with E-state index in [9.17, 15) is 23.1 Å². The molecule has 186 valence electrons. The summed E-state index contributed by atoms with van der Waals surface area (Å²) in [4.78, 5) is 19.1. The number of hydrogen-bond acceptors (Lipinski definition) is 6. The van der Waals surface area contributed by atoms with Gasteiger partial charge in [0.15, 0.2) is 5.60 Å². The van der Waals surface area contributed by atoms with Gasteiger partial charge in [0, 0.05) is 43.6 Å². The number of hydrogen-bond donors (Lipinski definition) is 2. The van der Waals surface area contributed by atoms with Gasteiger partial charge in [-0.2, -0.15) is 23.7 Å². The van der Waals surface area contributed by atoms with Gasteiger partial charge in [-0.15, -0.1) is 0 Å². The summed E-state index contributed by atoms with van der Waals surface area (Å²) >= 11 is 0. The fourth-order valence-corrected chi connectivity index (χ4v) is 4.92. The molecule has 1 saturated heterocycles. The van der Waals surface area contributed by atoms with Gasteiger partial charge in [0.2, 0.25) is 0 Å². The summed E-state index contributed by atoms with van der Waals surface area (Å²) in [6.07, 6.45) is 0.651. The van der Waals surface area contributed by atoms with Crippen molar-refractivity contribution in [3.63, 3.8) is 0 Å². The summed E-state index contributed by atoms with van der Waals surface area (Å²) < 4.78 is 39.7. The largest absolute Gasteiger partial charge is 0.417 e. The van der Waals surface area contributed by atoms with Crippen LogP contribution in [0.3, 0.4) is 0 Å². The summed E-state index contributed by atoms with van der Waals surface area (Å²) in [5.41, 5.74) is -1.09. The third kappa shape index (κ3) is 5.56. The molecule has 2 aromatic rings. The number of nitriles is 2. The van der Waals surface area contributed by atoms with E-state index in [1.807, 2.05) is 17.0 Å². The summed E-state index contributed by atoms with van der Waals surface area (Å²) in [7, 11) is 0. The van der Waals surface area contributed by atoms with Crippen LogP contribution in [-0.4, -0.2) is 46.1 Å². The predicted molar refractivity (Wildman–Crippen MR) is 124 cm³/mol. The van der Waals surface area contributed by atoms with Crippen LogP contribution in [0.15, 0.2) is 48.2 Å². The lowest BCUT2D eigenvalue weighted by Crippen LogP contribution is -2.52. The van der Waals surface area contributed by atoms with E-state index in [4.69, 9.17) is 10.5 Å². The molecule has 1 aromatic heterocycles. The Morgan fingerprint density at radius 2 is 2.00 bits per heavy atom. The second kappa shape index (κ2) is 9.73. The standard InChI is InChI=1S/C26H24F3N5O2/c1-25(36,24(35)33-22-5-3-18(11-31)23(9-22)26(27,28)29)15-34-13-17-6-19(20(7-17)14-34)8-21-4-2-16(10-30)12-32-21/h2-6,9,12,17,20,36H,7-8,13-15H2,1H3,(H,33,35). The lowest BCUT2D eigenvalue weighted by atomic mass is 9.91. The molecule has 1 aromatic carbocycles. The van der Waals surface area contributed by atoms with Crippen LogP contribution in [0.2, 0.25) is 0 Å². The number of rotatable bonds is 6. The van der Waals surface area contributed by atoms with Crippen molar-refractivity contribution in [2.24, 2.45) is 11.8 Å². The first-order valence-corrected chi connectivity index (χ1v) is 11.4. The monoisotopic (exact) mass is 495 g/mol. The third-order valence-electron chi connectivity index (χ3n) is 6.60. The molecular formula is C26H24F3N5O2. The van der Waals surface area contributed by atoms with Crippen molar-refractivity contribution in [1.29, 1.82) is 10.5 Å². The van der Waals surface area contributed by atoms with E-state index < -0.39 is 28.8 Å². The number of likely N-dealkylation sites (tertiary alicyclic amines) is 1. The van der Waals surface area contributed by atoms with Crippen LogP contribution in [-0.2, 0) is 17.4 Å². The molecule has 2 aliphatic rings. The molecule has 2 N–H and O–H groups in total. The number of alkyl halides is 3. The minimum Gasteiger partial charge on any atom is -0.379 e. The molecule has 36 heavy (non-hydrogen) atoms. The first kappa shape index (κ1) is 25.4. The maximum Gasteiger partial charge on any atom is 0.417 e. The van der Waals surface area contributed by atoms with Crippen molar-refractivity contribution < 1.29 is 23.1 Å². The van der Waals surface area contributed by atoms with Gasteiger partial charge in [-0.25, -0.2) is 0 Å². The zero-order chi connectivity index (χ0) is 26.1. The third-order valence-corrected chi connectivity index (χ3v) is 6.60. The second-order valence-corrected chi connectivity index (χ2v) is 9.55. The molecule has 3 atom stereocenters. The van der Waals surface area contributed by atoms with Crippen molar-refractivity contribution in [3.05, 3.63) is 70.6 Å². The number of carbonyl (C=O) groups is 1. The average molecular weight is 496 g/mol. The van der Waals surface area contributed by atoms with Crippen molar-refractivity contribution in [2.45, 2.75) is 31.5 Å². The second-order valence-electron chi connectivity index (χ2n) is 9.55. The van der Waals surface area contributed by atoms with Gasteiger partial charge < -0.3 is 10.4 Å². The lowest BCUT2D eigenvalue weighted by molar-refractivity contribution is -0.138. The van der Waals surface area contributed by atoms with Crippen LogP contribution in [0.4, 0.5) is 18.9 Å². The van der Waals surface area contributed by atoms with Crippen LogP contribution in [0.25, 0.3) is 0 Å². The zero-order valence-corrected chi connectivity index (χ0v) is 19.5. The number of benzene rings is 1. The number of pyridine rings is 1. The molecular weight excluding hydrogens is 471 g/mol. The Morgan fingerprint density at radius 3 is 2.64 bits per heavy atom. The summed E-state index contributed by atoms with van der Waals surface area (Å²) in [6.45, 7) is 2.64. The maximum absolute atomic E-state index is 13.2. The number of nitrogens with zero attached hydrogens (tertiary/aromatic N) is 4. The lowest BCUT2D eigenvalue weighted by Gasteiger charge is -2.36. The Bertz CT molecular complexity index is 1270. The fourth-order valence-electron chi connectivity index (χ4n) is 4.92. The zero-order valence-electron chi connectivity index (χ0n) is 19.5. The van der Waals surface area contributed by atoms with Crippen molar-refractivity contribution in [3.8, 4) is 12.1 Å². The Morgan fingerprint density at radius 1 is 1.22 bits per heavy atom. The highest BCUT2D eigenvalue weighted by Gasteiger charge is 2.40. The number of aromatic nitrogens is 1. The van der Waals surface area contributed by atoms with Gasteiger partial charge in [-0.05, 0) is 55.5 Å². The summed E-state index contributed by atoms with van der Waals surface area (Å²) in [6, 6.07) is 10.0. The molecule has 2 bridgehead atoms. The summed E-state index contributed by atoms with van der Waals surface area (Å²) in [5, 5.41) is 31.1. The van der Waals surface area contributed by atoms with Gasteiger partial charge >= 0.3 is 6.18 Å². The Hall–Kier alpha value is -3.73. The predicted octanol–water partition coefficient (Wildman–Crippen LogP) is 3.65. The molecule has 2 heterocycles. The van der Waals surface area contributed by atoms with Gasteiger partial charge in [-0.1, -0.05) is 11.6 Å². The first-order chi connectivity index (χ1) is 17.0. The summed E-state index contributed by atoms with van der Waals surface area (Å²) in [5.74, 6) is -0.315. The van der Waals surface area contributed by atoms with Gasteiger partial charge in [0.05, 0.1) is 22.8 Å². The highest BCUT2D eigenvalue weighted by molar-refractivity contribution is 5.97. The van der Waals surface area contributed by atoms with E-state index in [1.54, 1.807) is 12.3 Å². The van der Waals surface area contributed by atoms with Crippen molar-refractivity contribution in [1.82, 2.24) is 9.88 Å². The molecule has 7 nitrogen and oxygen atoms in total. The van der Waals surface area contributed by atoms with Crippen LogP contribution in [0.1, 0.15) is 35.7 Å². The molecule has 0 saturated carbocycles. The van der Waals surface area contributed by atoms with E-state index in [2.05, 4.69) is 16.4 Å². The Balaban J connectivity index is 1.38. The molecule has 0 spiro atoms. The number of β-amino-alcohol motifs (C(OH)–C–C–N with tert-alkyl or cyclic N) is 1. The van der Waals surface area contributed by atoms with Gasteiger partial charge in [0.1, 0.15) is 6.07 Å². The number of fused-ring (bicyclic) bond motifs is 2. The molecule has 1 amide bonds. The molecule has 0 radical (unpaired) electrons. The van der Waals surface area contributed by atoms with E-state index in [0.29, 0.717) is 31.1 Å². The van der Waals surface area contributed by atoms with E-state index in [1.165, 1.54) is 24.6 Å². The molecule has 1 fully saturated rings. The Labute approximate surface area is 206 Å². The maximum atomic E-state index is 13.2. The number of halogens is 3. The van der Waals surface area contributed by atoms with Crippen LogP contribution in [0, 0.1) is 34.5 Å². The minimum absolute atomic E-state index is 0.0183. The van der Waals surface area contributed by atoms with Crippen molar-refractivity contribution in [2.75, 3.05) is 25.0 Å².